The van der Waals surface area contributed by atoms with E-state index in [2.05, 4.69) is 15.5 Å². The summed E-state index contributed by atoms with van der Waals surface area (Å²) >= 11 is 0. The van der Waals surface area contributed by atoms with Gasteiger partial charge < -0.3 is 5.32 Å². The molecule has 0 radical (unpaired) electrons. The van der Waals surface area contributed by atoms with Crippen LogP contribution in [-0.4, -0.2) is 25.5 Å². The smallest absolute Gasteiger partial charge is 0.333 e. The van der Waals surface area contributed by atoms with E-state index in [1.807, 2.05) is 20.0 Å². The van der Waals surface area contributed by atoms with Crippen LogP contribution in [0.5, 0.6) is 0 Å². The summed E-state index contributed by atoms with van der Waals surface area (Å²) in [5.41, 5.74) is 1.48. The maximum absolute atomic E-state index is 12.7. The molecule has 8 heteroatoms. The molecule has 2 aromatic heterocycles. The Balaban J connectivity index is 2.15. The van der Waals surface area contributed by atoms with Crippen molar-refractivity contribution in [3.8, 4) is 0 Å². The Bertz CT molecular complexity index is 634. The Hall–Kier alpha value is -2.25. The Labute approximate surface area is 120 Å². The largest absolute Gasteiger partial charge is 0.344 e. The standard InChI is InChI=1S/C13H17F2N5O/c1-4-19-7-10(9(3)18-19)8(2)17-12(21)11-5-6-16-20(11)13(14)15/h5-8,13H,4H2,1-3H3,(H,17,21). The summed E-state index contributed by atoms with van der Waals surface area (Å²) in [5.74, 6) is -0.594. The zero-order chi connectivity index (χ0) is 15.6. The highest BCUT2D eigenvalue weighted by Gasteiger charge is 2.21. The van der Waals surface area contributed by atoms with E-state index in [4.69, 9.17) is 0 Å². The molecule has 2 heterocycles. The third kappa shape index (κ3) is 3.09. The summed E-state index contributed by atoms with van der Waals surface area (Å²) in [6.45, 7) is 3.46. The molecule has 6 nitrogen and oxygen atoms in total. The third-order valence-electron chi connectivity index (χ3n) is 3.21. The lowest BCUT2D eigenvalue weighted by atomic mass is 10.1. The molecule has 2 aromatic rings. The molecule has 114 valence electrons. The molecule has 1 unspecified atom stereocenters. The summed E-state index contributed by atoms with van der Waals surface area (Å²) in [6.07, 6.45) is 3.01. The number of amides is 1. The van der Waals surface area contributed by atoms with E-state index in [0.29, 0.717) is 4.68 Å². The molecule has 0 bridgehead atoms. The van der Waals surface area contributed by atoms with Gasteiger partial charge in [-0.15, -0.1) is 0 Å². The SMILES string of the molecule is CCn1cc(C(C)NC(=O)c2ccnn2C(F)F)c(C)n1. The predicted molar refractivity (Wildman–Crippen MR) is 72.0 cm³/mol. The summed E-state index contributed by atoms with van der Waals surface area (Å²) < 4.78 is 27.6. The number of carbonyl (C=O) groups is 1. The molecule has 0 saturated carbocycles. The molecule has 1 N–H and O–H groups in total. The van der Waals surface area contributed by atoms with Crippen LogP contribution in [0.1, 0.15) is 48.2 Å². The van der Waals surface area contributed by atoms with Gasteiger partial charge in [0.1, 0.15) is 5.69 Å². The minimum atomic E-state index is -2.85. The van der Waals surface area contributed by atoms with Crippen LogP contribution in [0.3, 0.4) is 0 Å². The van der Waals surface area contributed by atoms with Gasteiger partial charge in [0.2, 0.25) is 0 Å². The van der Waals surface area contributed by atoms with Crippen molar-refractivity contribution >= 4 is 5.91 Å². The van der Waals surface area contributed by atoms with Gasteiger partial charge >= 0.3 is 6.55 Å². The van der Waals surface area contributed by atoms with Crippen LogP contribution in [0.4, 0.5) is 8.78 Å². The minimum Gasteiger partial charge on any atom is -0.344 e. The van der Waals surface area contributed by atoms with Crippen LogP contribution in [0.2, 0.25) is 0 Å². The zero-order valence-corrected chi connectivity index (χ0v) is 12.0. The van der Waals surface area contributed by atoms with E-state index >= 15 is 0 Å². The van der Waals surface area contributed by atoms with Gasteiger partial charge in [0.25, 0.3) is 5.91 Å². The van der Waals surface area contributed by atoms with Gasteiger partial charge in [0.05, 0.1) is 11.7 Å². The molecule has 0 fully saturated rings. The number of rotatable bonds is 5. The molecule has 0 aliphatic rings. The van der Waals surface area contributed by atoms with Crippen molar-refractivity contribution in [1.29, 1.82) is 0 Å². The van der Waals surface area contributed by atoms with Crippen molar-refractivity contribution < 1.29 is 13.6 Å². The lowest BCUT2D eigenvalue weighted by Gasteiger charge is -2.13. The van der Waals surface area contributed by atoms with E-state index in [-0.39, 0.29) is 11.7 Å². The summed E-state index contributed by atoms with van der Waals surface area (Å²) in [7, 11) is 0. The number of halogens is 2. The average Bonchev–Trinajstić information content (AvgIpc) is 3.04. The second-order valence-corrected chi connectivity index (χ2v) is 4.66. The predicted octanol–water partition coefficient (Wildman–Crippen LogP) is 2.29. The van der Waals surface area contributed by atoms with Gasteiger partial charge in [-0.05, 0) is 26.8 Å². The van der Waals surface area contributed by atoms with Gasteiger partial charge in [-0.3, -0.25) is 9.48 Å². The molecule has 0 saturated heterocycles. The first-order chi connectivity index (χ1) is 9.93. The van der Waals surface area contributed by atoms with Gasteiger partial charge in [-0.1, -0.05) is 0 Å². The maximum Gasteiger partial charge on any atom is 0.333 e. The fourth-order valence-electron chi connectivity index (χ4n) is 2.12. The summed E-state index contributed by atoms with van der Waals surface area (Å²) in [6, 6.07) is 0.926. The molecule has 21 heavy (non-hydrogen) atoms. The Morgan fingerprint density at radius 3 is 2.76 bits per heavy atom. The van der Waals surface area contributed by atoms with Crippen molar-refractivity contribution in [3.05, 3.63) is 35.4 Å². The lowest BCUT2D eigenvalue weighted by molar-refractivity contribution is 0.0507. The van der Waals surface area contributed by atoms with E-state index in [1.54, 1.807) is 11.6 Å². The topological polar surface area (TPSA) is 64.7 Å². The fraction of sp³-hybridized carbons (Fsp3) is 0.462. The number of hydrogen-bond acceptors (Lipinski definition) is 3. The summed E-state index contributed by atoms with van der Waals surface area (Å²) in [5, 5.41) is 10.4. The second-order valence-electron chi connectivity index (χ2n) is 4.66. The first-order valence-corrected chi connectivity index (χ1v) is 6.60. The number of aromatic nitrogens is 4. The lowest BCUT2D eigenvalue weighted by Crippen LogP contribution is -2.29. The highest BCUT2D eigenvalue weighted by atomic mass is 19.3. The van der Waals surface area contributed by atoms with Gasteiger partial charge in [0.15, 0.2) is 0 Å². The van der Waals surface area contributed by atoms with Crippen LogP contribution in [0.15, 0.2) is 18.5 Å². The molecule has 1 amide bonds. The van der Waals surface area contributed by atoms with Crippen LogP contribution < -0.4 is 5.32 Å². The van der Waals surface area contributed by atoms with Gasteiger partial charge in [-0.25, -0.2) is 0 Å². The van der Waals surface area contributed by atoms with Crippen LogP contribution >= 0.6 is 0 Å². The highest BCUT2D eigenvalue weighted by Crippen LogP contribution is 2.18. The van der Waals surface area contributed by atoms with Crippen molar-refractivity contribution in [2.75, 3.05) is 0 Å². The molecule has 1 atom stereocenters. The number of alkyl halides is 2. The third-order valence-corrected chi connectivity index (χ3v) is 3.21. The number of aryl methyl sites for hydroxylation is 2. The first kappa shape index (κ1) is 15.1. The van der Waals surface area contributed by atoms with Crippen LogP contribution in [0.25, 0.3) is 0 Å². The molecule has 0 aromatic carbocycles. The van der Waals surface area contributed by atoms with Gasteiger partial charge in [-0.2, -0.15) is 23.7 Å². The van der Waals surface area contributed by atoms with Crippen molar-refractivity contribution in [3.63, 3.8) is 0 Å². The van der Waals surface area contributed by atoms with E-state index in [0.717, 1.165) is 17.8 Å². The van der Waals surface area contributed by atoms with Crippen LogP contribution in [-0.2, 0) is 6.54 Å². The van der Waals surface area contributed by atoms with E-state index in [1.165, 1.54) is 12.3 Å². The van der Waals surface area contributed by atoms with Crippen molar-refractivity contribution in [2.45, 2.75) is 39.9 Å². The number of hydrogen-bond donors (Lipinski definition) is 1. The zero-order valence-electron chi connectivity index (χ0n) is 12.0. The number of carbonyl (C=O) groups excluding carboxylic acids is 1. The maximum atomic E-state index is 12.7. The second kappa shape index (κ2) is 6.02. The molecule has 0 aliphatic carbocycles. The quantitative estimate of drug-likeness (QED) is 0.921. The molecule has 0 spiro atoms. The van der Waals surface area contributed by atoms with Crippen LogP contribution in [0, 0.1) is 6.92 Å². The normalized spacial score (nSPS) is 12.7. The first-order valence-electron chi connectivity index (χ1n) is 6.60. The van der Waals surface area contributed by atoms with E-state index in [9.17, 15) is 13.6 Å². The molecular weight excluding hydrogens is 280 g/mol. The van der Waals surface area contributed by atoms with Crippen molar-refractivity contribution in [2.24, 2.45) is 0 Å². The monoisotopic (exact) mass is 297 g/mol. The van der Waals surface area contributed by atoms with Gasteiger partial charge in [0, 0.05) is 24.5 Å². The Morgan fingerprint density at radius 2 is 2.19 bits per heavy atom. The Morgan fingerprint density at radius 1 is 1.48 bits per heavy atom. The fourth-order valence-corrected chi connectivity index (χ4v) is 2.12. The molecule has 0 aliphatic heterocycles. The molecule has 2 rings (SSSR count). The van der Waals surface area contributed by atoms with E-state index < -0.39 is 12.5 Å². The summed E-state index contributed by atoms with van der Waals surface area (Å²) in [4.78, 5) is 12.1. The average molecular weight is 297 g/mol. The minimum absolute atomic E-state index is 0.169. The van der Waals surface area contributed by atoms with Crippen molar-refractivity contribution in [1.82, 2.24) is 24.9 Å². The number of nitrogens with zero attached hydrogens (tertiary/aromatic N) is 4. The molecular formula is C13H17F2N5O. The Kier molecular flexibility index (Phi) is 4.35. The highest BCUT2D eigenvalue weighted by molar-refractivity contribution is 5.92. The number of nitrogens with one attached hydrogen (secondary N) is 1.